The van der Waals surface area contributed by atoms with E-state index in [1.165, 1.54) is 12.8 Å². The van der Waals surface area contributed by atoms with Gasteiger partial charge in [0.15, 0.2) is 0 Å². The zero-order chi connectivity index (χ0) is 7.14. The van der Waals surface area contributed by atoms with E-state index in [9.17, 15) is 4.79 Å². The van der Waals surface area contributed by atoms with Gasteiger partial charge in [-0.2, -0.15) is 0 Å². The van der Waals surface area contributed by atoms with Crippen molar-refractivity contribution in [2.24, 2.45) is 10.9 Å². The molecule has 1 aliphatic carbocycles. The van der Waals surface area contributed by atoms with Crippen LogP contribution in [0.4, 0.5) is 0 Å². The van der Waals surface area contributed by atoms with Gasteiger partial charge in [0.1, 0.15) is 11.9 Å². The van der Waals surface area contributed by atoms with Crippen molar-refractivity contribution in [1.82, 2.24) is 5.32 Å². The maximum atomic E-state index is 10.9. The highest BCUT2D eigenvalue weighted by Crippen LogP contribution is 2.31. The number of nitrogens with one attached hydrogen (secondary N) is 1. The van der Waals surface area contributed by atoms with Crippen LogP contribution in [-0.2, 0) is 4.79 Å². The monoisotopic (exact) mass is 138 g/mol. The highest BCUT2D eigenvalue weighted by molar-refractivity contribution is 6.07. The Labute approximate surface area is 59.5 Å². The van der Waals surface area contributed by atoms with Crippen LogP contribution < -0.4 is 5.32 Å². The molecule has 1 amide bonds. The zero-order valence-corrected chi connectivity index (χ0v) is 5.92. The lowest BCUT2D eigenvalue weighted by atomic mass is 10.4. The summed E-state index contributed by atoms with van der Waals surface area (Å²) in [7, 11) is 0. The van der Waals surface area contributed by atoms with Crippen LogP contribution in [0.2, 0.25) is 0 Å². The summed E-state index contributed by atoms with van der Waals surface area (Å²) in [6.45, 7) is 1.82. The number of amidine groups is 1. The summed E-state index contributed by atoms with van der Waals surface area (Å²) >= 11 is 0. The number of amides is 1. The van der Waals surface area contributed by atoms with Crippen LogP contribution in [0.3, 0.4) is 0 Å². The van der Waals surface area contributed by atoms with E-state index in [-0.39, 0.29) is 11.9 Å². The van der Waals surface area contributed by atoms with E-state index in [0.29, 0.717) is 5.92 Å². The average Bonchev–Trinajstić information content (AvgIpc) is 2.64. The van der Waals surface area contributed by atoms with Gasteiger partial charge >= 0.3 is 0 Å². The van der Waals surface area contributed by atoms with Gasteiger partial charge in [-0.05, 0) is 19.8 Å². The van der Waals surface area contributed by atoms with Crippen molar-refractivity contribution in [2.45, 2.75) is 25.8 Å². The van der Waals surface area contributed by atoms with Crippen molar-refractivity contribution in [3.05, 3.63) is 0 Å². The first-order chi connectivity index (χ1) is 4.77. The second-order valence-electron chi connectivity index (χ2n) is 2.95. The van der Waals surface area contributed by atoms with Crippen LogP contribution >= 0.6 is 0 Å². The molecule has 2 rings (SSSR count). The van der Waals surface area contributed by atoms with Crippen LogP contribution in [0.5, 0.6) is 0 Å². The Balaban J connectivity index is 2.11. The number of aliphatic imine (C=N–C) groups is 1. The molecule has 1 heterocycles. The fourth-order valence-electron chi connectivity index (χ4n) is 1.09. The molecule has 1 unspecified atom stereocenters. The lowest BCUT2D eigenvalue weighted by molar-refractivity contribution is -0.119. The lowest BCUT2D eigenvalue weighted by Gasteiger charge is -1.93. The summed E-state index contributed by atoms with van der Waals surface area (Å²) in [5.74, 6) is 1.56. The molecule has 0 radical (unpaired) electrons. The number of carbonyl (C=O) groups excluding carboxylic acids is 1. The summed E-state index contributed by atoms with van der Waals surface area (Å²) in [5.41, 5.74) is 0. The van der Waals surface area contributed by atoms with E-state index in [4.69, 9.17) is 0 Å². The molecule has 1 aliphatic heterocycles. The van der Waals surface area contributed by atoms with Crippen molar-refractivity contribution < 1.29 is 4.79 Å². The van der Waals surface area contributed by atoms with Gasteiger partial charge in [0.05, 0.1) is 0 Å². The summed E-state index contributed by atoms with van der Waals surface area (Å²) in [6.07, 6.45) is 2.40. The van der Waals surface area contributed by atoms with Gasteiger partial charge in [-0.15, -0.1) is 0 Å². The summed E-state index contributed by atoms with van der Waals surface area (Å²) < 4.78 is 0. The molecule has 1 saturated carbocycles. The first-order valence-corrected chi connectivity index (χ1v) is 3.66. The second-order valence-corrected chi connectivity index (χ2v) is 2.95. The van der Waals surface area contributed by atoms with Crippen molar-refractivity contribution in [3.8, 4) is 0 Å². The predicted molar refractivity (Wildman–Crippen MR) is 37.8 cm³/mol. The molecule has 3 nitrogen and oxygen atoms in total. The van der Waals surface area contributed by atoms with Crippen molar-refractivity contribution in [2.75, 3.05) is 0 Å². The molecule has 1 N–H and O–H groups in total. The van der Waals surface area contributed by atoms with Gasteiger partial charge in [0.2, 0.25) is 5.91 Å². The van der Waals surface area contributed by atoms with Crippen LogP contribution in [0.15, 0.2) is 4.99 Å². The Bertz CT molecular complexity index is 206. The Kier molecular flexibility index (Phi) is 1.07. The molecule has 3 heteroatoms. The molecule has 10 heavy (non-hydrogen) atoms. The van der Waals surface area contributed by atoms with Crippen molar-refractivity contribution in [1.29, 1.82) is 0 Å². The van der Waals surface area contributed by atoms with E-state index >= 15 is 0 Å². The van der Waals surface area contributed by atoms with Gasteiger partial charge in [-0.3, -0.25) is 9.79 Å². The maximum Gasteiger partial charge on any atom is 0.249 e. The molecule has 2 aliphatic rings. The maximum absolute atomic E-state index is 10.9. The van der Waals surface area contributed by atoms with Gasteiger partial charge in [0, 0.05) is 5.92 Å². The molecule has 1 atom stereocenters. The minimum Gasteiger partial charge on any atom is -0.312 e. The van der Waals surface area contributed by atoms with E-state index in [2.05, 4.69) is 10.3 Å². The van der Waals surface area contributed by atoms with E-state index < -0.39 is 0 Å². The Morgan fingerprint density at radius 3 is 2.70 bits per heavy atom. The molecule has 54 valence electrons. The SMILES string of the molecule is CC1N=C(C2CC2)NC1=O. The normalized spacial score (nSPS) is 31.9. The van der Waals surface area contributed by atoms with Gasteiger partial charge in [-0.1, -0.05) is 0 Å². The number of hydrogen-bond donors (Lipinski definition) is 1. The van der Waals surface area contributed by atoms with E-state index in [1.54, 1.807) is 0 Å². The molecule has 0 saturated heterocycles. The minimum atomic E-state index is -0.143. The molecular formula is C7H10N2O. The third kappa shape index (κ3) is 0.818. The highest BCUT2D eigenvalue weighted by Gasteiger charge is 2.33. The fraction of sp³-hybridized carbons (Fsp3) is 0.714. The lowest BCUT2D eigenvalue weighted by Crippen LogP contribution is -2.28. The summed E-state index contributed by atoms with van der Waals surface area (Å²) in [6, 6.07) is -0.143. The molecular weight excluding hydrogens is 128 g/mol. The van der Waals surface area contributed by atoms with E-state index in [1.807, 2.05) is 6.92 Å². The highest BCUT2D eigenvalue weighted by atomic mass is 16.2. The first kappa shape index (κ1) is 5.89. The Morgan fingerprint density at radius 2 is 2.30 bits per heavy atom. The Morgan fingerprint density at radius 1 is 1.60 bits per heavy atom. The van der Waals surface area contributed by atoms with Crippen LogP contribution in [0, 0.1) is 5.92 Å². The van der Waals surface area contributed by atoms with Gasteiger partial charge < -0.3 is 5.32 Å². The molecule has 0 bridgehead atoms. The van der Waals surface area contributed by atoms with Crippen LogP contribution in [0.25, 0.3) is 0 Å². The molecule has 0 aromatic carbocycles. The smallest absolute Gasteiger partial charge is 0.249 e. The average molecular weight is 138 g/mol. The third-order valence-corrected chi connectivity index (χ3v) is 1.93. The number of carbonyl (C=O) groups is 1. The zero-order valence-electron chi connectivity index (χ0n) is 5.92. The third-order valence-electron chi connectivity index (χ3n) is 1.93. The fourth-order valence-corrected chi connectivity index (χ4v) is 1.09. The predicted octanol–water partition coefficient (Wildman–Crippen LogP) is 0.313. The van der Waals surface area contributed by atoms with Crippen LogP contribution in [0.1, 0.15) is 19.8 Å². The summed E-state index contributed by atoms with van der Waals surface area (Å²) in [5, 5.41) is 2.78. The summed E-state index contributed by atoms with van der Waals surface area (Å²) in [4.78, 5) is 15.1. The number of rotatable bonds is 1. The minimum absolute atomic E-state index is 0.0573. The van der Waals surface area contributed by atoms with E-state index in [0.717, 1.165) is 5.84 Å². The number of nitrogens with zero attached hydrogens (tertiary/aromatic N) is 1. The molecule has 0 spiro atoms. The molecule has 0 aromatic heterocycles. The standard InChI is InChI=1S/C7H10N2O/c1-4-7(10)9-6(8-4)5-2-3-5/h4-5H,2-3H2,1H3,(H,8,9,10). The van der Waals surface area contributed by atoms with Crippen LogP contribution in [-0.4, -0.2) is 17.8 Å². The van der Waals surface area contributed by atoms with Gasteiger partial charge in [-0.25, -0.2) is 0 Å². The van der Waals surface area contributed by atoms with Crippen molar-refractivity contribution in [3.63, 3.8) is 0 Å². The molecule has 1 fully saturated rings. The Hall–Kier alpha value is -0.860. The number of hydrogen-bond acceptors (Lipinski definition) is 2. The molecule has 0 aromatic rings. The quantitative estimate of drug-likeness (QED) is 0.556. The van der Waals surface area contributed by atoms with Gasteiger partial charge in [0.25, 0.3) is 0 Å². The first-order valence-electron chi connectivity index (χ1n) is 3.66. The van der Waals surface area contributed by atoms with Crippen molar-refractivity contribution >= 4 is 11.7 Å². The topological polar surface area (TPSA) is 41.5 Å². The second kappa shape index (κ2) is 1.81. The largest absolute Gasteiger partial charge is 0.312 e.